The van der Waals surface area contributed by atoms with Crippen LogP contribution in [0.5, 0.6) is 11.5 Å². The predicted octanol–water partition coefficient (Wildman–Crippen LogP) is 2.69. The molecule has 2 aromatic rings. The third kappa shape index (κ3) is 2.65. The number of anilines is 1. The third-order valence-corrected chi connectivity index (χ3v) is 3.93. The highest BCUT2D eigenvalue weighted by Crippen LogP contribution is 2.39. The van der Waals surface area contributed by atoms with E-state index in [0.29, 0.717) is 17.2 Å². The number of aliphatic hydroxyl groups excluding tert-OH is 1. The molecule has 4 N–H and O–H groups in total. The highest BCUT2D eigenvalue weighted by Gasteiger charge is 2.28. The fraction of sp³-hybridized carbons (Fsp3) is 0.133. The van der Waals surface area contributed by atoms with E-state index in [-0.39, 0.29) is 12.5 Å². The van der Waals surface area contributed by atoms with E-state index in [0.717, 1.165) is 15.6 Å². The van der Waals surface area contributed by atoms with Crippen molar-refractivity contribution in [3.05, 3.63) is 52.0 Å². The van der Waals surface area contributed by atoms with Crippen molar-refractivity contribution in [1.82, 2.24) is 0 Å². The molecule has 1 atom stereocenters. The zero-order valence-corrected chi connectivity index (χ0v) is 12.6. The van der Waals surface area contributed by atoms with Gasteiger partial charge in [0.2, 0.25) is 5.91 Å². The molecule has 1 aliphatic rings. The molecule has 3 rings (SSSR count). The Morgan fingerprint density at radius 1 is 1.29 bits per heavy atom. The van der Waals surface area contributed by atoms with E-state index in [1.807, 2.05) is 0 Å². The summed E-state index contributed by atoms with van der Waals surface area (Å²) in [6, 6.07) is 10.0. The van der Waals surface area contributed by atoms with Crippen molar-refractivity contribution >= 4 is 27.5 Å². The zero-order chi connectivity index (χ0) is 15.0. The number of fused-ring (bicyclic) bond motifs is 1. The Hall–Kier alpha value is -1.89. The second-order valence-corrected chi connectivity index (χ2v) is 5.60. The van der Waals surface area contributed by atoms with E-state index in [1.165, 1.54) is 0 Å². The molecule has 1 amide bonds. The maximum absolute atomic E-state index is 11.6. The third-order valence-electron chi connectivity index (χ3n) is 3.31. The average molecular weight is 349 g/mol. The van der Waals surface area contributed by atoms with Crippen molar-refractivity contribution in [2.75, 3.05) is 5.32 Å². The van der Waals surface area contributed by atoms with E-state index in [2.05, 4.69) is 21.2 Å². The lowest BCUT2D eigenvalue weighted by Gasteiger charge is -2.11. The second kappa shape index (κ2) is 5.48. The van der Waals surface area contributed by atoms with E-state index < -0.39 is 6.04 Å². The Balaban J connectivity index is 1.89. The van der Waals surface area contributed by atoms with Gasteiger partial charge in [-0.2, -0.15) is 0 Å². The first-order valence-electron chi connectivity index (χ1n) is 6.36. The van der Waals surface area contributed by atoms with Gasteiger partial charge in [-0.25, -0.2) is 0 Å². The van der Waals surface area contributed by atoms with Crippen LogP contribution in [0.3, 0.4) is 0 Å². The summed E-state index contributed by atoms with van der Waals surface area (Å²) in [6.45, 7) is -0.00720. The minimum absolute atomic E-state index is 0.00720. The molecule has 0 aliphatic carbocycles. The summed E-state index contributed by atoms with van der Waals surface area (Å²) in [6.07, 6.45) is 0. The maximum Gasteiger partial charge on any atom is 0.245 e. The van der Waals surface area contributed by atoms with Crippen LogP contribution in [0.25, 0.3) is 0 Å². The first-order valence-corrected chi connectivity index (χ1v) is 7.15. The number of aliphatic hydroxyl groups is 1. The van der Waals surface area contributed by atoms with Gasteiger partial charge < -0.3 is 20.9 Å². The summed E-state index contributed by atoms with van der Waals surface area (Å²) < 4.78 is 6.51. The first-order chi connectivity index (χ1) is 10.1. The number of nitrogens with one attached hydrogen (secondary N) is 1. The Morgan fingerprint density at radius 2 is 2.00 bits per heavy atom. The molecule has 108 valence electrons. The lowest BCUT2D eigenvalue weighted by molar-refractivity contribution is -0.116. The fourth-order valence-electron chi connectivity index (χ4n) is 2.15. The molecule has 0 aromatic heterocycles. The standard InChI is InChI=1S/C15H13BrN2O3/c16-11-5-10-12(18-15(20)14(10)17)6-13(11)21-9-3-1-8(7-19)2-4-9/h1-6,14,19H,7,17H2,(H,18,20). The highest BCUT2D eigenvalue weighted by atomic mass is 79.9. The molecule has 1 heterocycles. The molecule has 0 bridgehead atoms. The zero-order valence-electron chi connectivity index (χ0n) is 11.0. The van der Waals surface area contributed by atoms with Crippen molar-refractivity contribution < 1.29 is 14.6 Å². The van der Waals surface area contributed by atoms with Gasteiger partial charge >= 0.3 is 0 Å². The molecule has 6 heteroatoms. The van der Waals surface area contributed by atoms with Gasteiger partial charge in [0.1, 0.15) is 17.5 Å². The molecular weight excluding hydrogens is 336 g/mol. The molecule has 0 saturated heterocycles. The quantitative estimate of drug-likeness (QED) is 0.796. The number of hydrogen-bond donors (Lipinski definition) is 3. The molecule has 21 heavy (non-hydrogen) atoms. The molecular formula is C15H13BrN2O3. The van der Waals surface area contributed by atoms with Gasteiger partial charge in [0.15, 0.2) is 0 Å². The second-order valence-electron chi connectivity index (χ2n) is 4.74. The van der Waals surface area contributed by atoms with Crippen LogP contribution in [0.1, 0.15) is 17.2 Å². The number of carbonyl (C=O) groups excluding carboxylic acids is 1. The van der Waals surface area contributed by atoms with Crippen LogP contribution in [0.4, 0.5) is 5.69 Å². The van der Waals surface area contributed by atoms with Crippen molar-refractivity contribution in [3.8, 4) is 11.5 Å². The minimum Gasteiger partial charge on any atom is -0.456 e. The Labute approximate surface area is 129 Å². The smallest absolute Gasteiger partial charge is 0.245 e. The monoisotopic (exact) mass is 348 g/mol. The lowest BCUT2D eigenvalue weighted by Crippen LogP contribution is -2.19. The van der Waals surface area contributed by atoms with Crippen molar-refractivity contribution in [2.24, 2.45) is 5.73 Å². The summed E-state index contributed by atoms with van der Waals surface area (Å²) in [5, 5.41) is 11.7. The van der Waals surface area contributed by atoms with E-state index in [1.54, 1.807) is 36.4 Å². The number of rotatable bonds is 3. The Morgan fingerprint density at radius 3 is 2.67 bits per heavy atom. The number of carbonyl (C=O) groups is 1. The molecule has 5 nitrogen and oxygen atoms in total. The molecule has 2 aromatic carbocycles. The van der Waals surface area contributed by atoms with Gasteiger partial charge in [0.05, 0.1) is 11.1 Å². The number of ether oxygens (including phenoxy) is 1. The molecule has 0 spiro atoms. The Kier molecular flexibility index (Phi) is 3.67. The number of halogens is 1. The molecule has 1 aliphatic heterocycles. The van der Waals surface area contributed by atoms with Crippen LogP contribution in [0.15, 0.2) is 40.9 Å². The normalized spacial score (nSPS) is 16.5. The van der Waals surface area contributed by atoms with Crippen LogP contribution < -0.4 is 15.8 Å². The molecule has 0 radical (unpaired) electrons. The van der Waals surface area contributed by atoms with Crippen LogP contribution in [-0.2, 0) is 11.4 Å². The van der Waals surface area contributed by atoms with E-state index >= 15 is 0 Å². The van der Waals surface area contributed by atoms with Gasteiger partial charge in [-0.15, -0.1) is 0 Å². The number of amides is 1. The summed E-state index contributed by atoms with van der Waals surface area (Å²) in [5.41, 5.74) is 8.02. The summed E-state index contributed by atoms with van der Waals surface area (Å²) >= 11 is 3.42. The van der Waals surface area contributed by atoms with Crippen molar-refractivity contribution in [1.29, 1.82) is 0 Å². The van der Waals surface area contributed by atoms with Crippen LogP contribution >= 0.6 is 15.9 Å². The number of hydrogen-bond acceptors (Lipinski definition) is 4. The summed E-state index contributed by atoms with van der Waals surface area (Å²) in [5.74, 6) is 1.00. The summed E-state index contributed by atoms with van der Waals surface area (Å²) in [4.78, 5) is 11.6. The van der Waals surface area contributed by atoms with Crippen LogP contribution in [0.2, 0.25) is 0 Å². The van der Waals surface area contributed by atoms with Gasteiger partial charge in [-0.1, -0.05) is 12.1 Å². The molecule has 0 fully saturated rings. The van der Waals surface area contributed by atoms with E-state index in [9.17, 15) is 4.79 Å². The van der Waals surface area contributed by atoms with Crippen LogP contribution in [0, 0.1) is 0 Å². The topological polar surface area (TPSA) is 84.6 Å². The minimum atomic E-state index is -0.644. The lowest BCUT2D eigenvalue weighted by atomic mass is 10.1. The first kappa shape index (κ1) is 14.1. The van der Waals surface area contributed by atoms with Gasteiger partial charge in [0.25, 0.3) is 0 Å². The van der Waals surface area contributed by atoms with Crippen LogP contribution in [-0.4, -0.2) is 11.0 Å². The predicted molar refractivity (Wildman–Crippen MR) is 82.1 cm³/mol. The van der Waals surface area contributed by atoms with Crippen molar-refractivity contribution in [3.63, 3.8) is 0 Å². The molecule has 1 unspecified atom stereocenters. The largest absolute Gasteiger partial charge is 0.456 e. The SMILES string of the molecule is NC1C(=O)Nc2cc(Oc3ccc(CO)cc3)c(Br)cc21. The van der Waals surface area contributed by atoms with Gasteiger partial charge in [-0.3, -0.25) is 4.79 Å². The number of nitrogens with two attached hydrogens (primary N) is 1. The maximum atomic E-state index is 11.6. The van der Waals surface area contributed by atoms with E-state index in [4.69, 9.17) is 15.6 Å². The summed E-state index contributed by atoms with van der Waals surface area (Å²) in [7, 11) is 0. The number of benzene rings is 2. The van der Waals surface area contributed by atoms with Gasteiger partial charge in [-0.05, 0) is 39.7 Å². The van der Waals surface area contributed by atoms with Gasteiger partial charge in [0, 0.05) is 17.3 Å². The highest BCUT2D eigenvalue weighted by molar-refractivity contribution is 9.10. The Bertz CT molecular complexity index is 701. The van der Waals surface area contributed by atoms with Crippen molar-refractivity contribution in [2.45, 2.75) is 12.6 Å². The fourth-order valence-corrected chi connectivity index (χ4v) is 2.60. The average Bonchev–Trinajstić information content (AvgIpc) is 2.75. The molecule has 0 saturated carbocycles.